The lowest BCUT2D eigenvalue weighted by Crippen LogP contribution is -2.04. The number of aryl methyl sites for hydroxylation is 1. The zero-order chi connectivity index (χ0) is 17.6. The van der Waals surface area contributed by atoms with Crippen molar-refractivity contribution in [3.05, 3.63) is 54.4 Å². The van der Waals surface area contributed by atoms with Gasteiger partial charge in [-0.2, -0.15) is 0 Å². The average Bonchev–Trinajstić information content (AvgIpc) is 3.03. The highest BCUT2D eigenvalue weighted by atomic mass is 32.2. The maximum Gasteiger partial charge on any atom is 0.208 e. The molecule has 126 valence electrons. The number of thioether (sulfide) groups is 1. The van der Waals surface area contributed by atoms with Crippen molar-refractivity contribution in [3.8, 4) is 0 Å². The van der Waals surface area contributed by atoms with Gasteiger partial charge in [0.1, 0.15) is 10.5 Å². The third-order valence-electron chi connectivity index (χ3n) is 3.93. The molecule has 0 aliphatic carbocycles. The van der Waals surface area contributed by atoms with Crippen molar-refractivity contribution in [3.63, 3.8) is 0 Å². The van der Waals surface area contributed by atoms with Crippen LogP contribution in [-0.4, -0.2) is 24.6 Å². The first-order chi connectivity index (χ1) is 12.0. The van der Waals surface area contributed by atoms with E-state index < -0.39 is 9.84 Å². The number of oxazole rings is 1. The lowest BCUT2D eigenvalue weighted by molar-refractivity contribution is 0.563. The smallest absolute Gasteiger partial charge is 0.208 e. The van der Waals surface area contributed by atoms with Gasteiger partial charge in [-0.25, -0.2) is 18.4 Å². The Labute approximate surface area is 149 Å². The number of benzene rings is 2. The number of nitrogens with zero attached hydrogens (tertiary/aromatic N) is 2. The normalized spacial score (nSPS) is 12.1. The van der Waals surface area contributed by atoms with E-state index in [4.69, 9.17) is 4.42 Å². The largest absolute Gasteiger partial charge is 0.440 e. The quantitative estimate of drug-likeness (QED) is 0.502. The molecule has 0 unspecified atom stereocenters. The van der Waals surface area contributed by atoms with Crippen LogP contribution in [0.15, 0.2) is 67.8 Å². The van der Waals surface area contributed by atoms with Gasteiger partial charge in [-0.05, 0) is 30.5 Å². The lowest BCUT2D eigenvalue weighted by Gasteiger charge is -2.09. The monoisotopic (exact) mass is 370 g/mol. The van der Waals surface area contributed by atoms with Crippen molar-refractivity contribution in [1.82, 2.24) is 9.97 Å². The van der Waals surface area contributed by atoms with E-state index in [2.05, 4.69) is 9.97 Å². The molecule has 5 nitrogen and oxygen atoms in total. The molecule has 0 N–H and O–H groups in total. The summed E-state index contributed by atoms with van der Waals surface area (Å²) in [5, 5.41) is 1.29. The second kappa shape index (κ2) is 5.86. The van der Waals surface area contributed by atoms with E-state index >= 15 is 0 Å². The van der Waals surface area contributed by atoms with Crippen molar-refractivity contribution in [1.29, 1.82) is 0 Å². The molecule has 0 spiro atoms. The van der Waals surface area contributed by atoms with Crippen LogP contribution in [0, 0.1) is 6.92 Å². The average molecular weight is 370 g/mol. The Morgan fingerprint density at radius 3 is 2.44 bits per heavy atom. The number of hydrogen-bond donors (Lipinski definition) is 0. The first-order valence-corrected chi connectivity index (χ1v) is 10.3. The van der Waals surface area contributed by atoms with Gasteiger partial charge < -0.3 is 4.42 Å². The van der Waals surface area contributed by atoms with E-state index in [9.17, 15) is 8.42 Å². The summed E-state index contributed by atoms with van der Waals surface area (Å²) >= 11 is 1.41. The molecular weight excluding hydrogens is 356 g/mol. The zero-order valence-corrected chi connectivity index (χ0v) is 15.2. The van der Waals surface area contributed by atoms with Crippen molar-refractivity contribution >= 4 is 43.6 Å². The van der Waals surface area contributed by atoms with Crippen molar-refractivity contribution in [2.24, 2.45) is 0 Å². The molecule has 2 aromatic heterocycles. The Balaban J connectivity index is 2.11. The van der Waals surface area contributed by atoms with Gasteiger partial charge in [-0.3, -0.25) is 0 Å². The van der Waals surface area contributed by atoms with Crippen molar-refractivity contribution < 1.29 is 12.8 Å². The van der Waals surface area contributed by atoms with Gasteiger partial charge in [0.25, 0.3) is 0 Å². The second-order valence-electron chi connectivity index (χ2n) is 5.50. The minimum atomic E-state index is -3.69. The van der Waals surface area contributed by atoms with Crippen LogP contribution in [0.4, 0.5) is 0 Å². The number of fused-ring (bicyclic) bond motifs is 3. The molecule has 2 aromatic carbocycles. The predicted octanol–water partition coefficient (Wildman–Crippen LogP) is 4.24. The van der Waals surface area contributed by atoms with E-state index in [-0.39, 0.29) is 9.79 Å². The molecule has 0 aliphatic heterocycles. The van der Waals surface area contributed by atoms with E-state index in [1.165, 1.54) is 11.8 Å². The van der Waals surface area contributed by atoms with Crippen LogP contribution < -0.4 is 0 Å². The number of hydrogen-bond acceptors (Lipinski definition) is 6. The molecule has 0 bridgehead atoms. The number of rotatable bonds is 3. The molecule has 0 radical (unpaired) electrons. The maximum atomic E-state index is 13.1. The van der Waals surface area contributed by atoms with Crippen LogP contribution in [0.2, 0.25) is 0 Å². The van der Waals surface area contributed by atoms with Crippen LogP contribution >= 0.6 is 11.8 Å². The topological polar surface area (TPSA) is 73.1 Å². The summed E-state index contributed by atoms with van der Waals surface area (Å²) in [4.78, 5) is 9.38. The lowest BCUT2D eigenvalue weighted by atomic mass is 10.2. The Morgan fingerprint density at radius 2 is 1.72 bits per heavy atom. The number of aromatic nitrogens is 2. The van der Waals surface area contributed by atoms with Crippen LogP contribution in [0.5, 0.6) is 0 Å². The Morgan fingerprint density at radius 1 is 0.960 bits per heavy atom. The predicted molar refractivity (Wildman–Crippen MR) is 97.7 cm³/mol. The highest BCUT2D eigenvalue weighted by molar-refractivity contribution is 7.98. The third kappa shape index (κ3) is 2.51. The van der Waals surface area contributed by atoms with Gasteiger partial charge in [0.2, 0.25) is 9.84 Å². The molecule has 4 rings (SSSR count). The van der Waals surface area contributed by atoms with E-state index in [1.54, 1.807) is 49.4 Å². The van der Waals surface area contributed by atoms with Crippen LogP contribution in [0.25, 0.3) is 22.0 Å². The standard InChI is InChI=1S/C18H14N2O3S2/c1-11-19-16-17(23-11)13-9-6-10-14(15(13)20-18(16)24-2)25(21,22)12-7-4-3-5-8-12/h3-10H,1-2H3. The van der Waals surface area contributed by atoms with Crippen molar-refractivity contribution in [2.75, 3.05) is 6.26 Å². The van der Waals surface area contributed by atoms with Gasteiger partial charge in [0.15, 0.2) is 11.5 Å². The van der Waals surface area contributed by atoms with E-state index in [0.29, 0.717) is 32.9 Å². The Kier molecular flexibility index (Phi) is 3.77. The first kappa shape index (κ1) is 16.1. The maximum absolute atomic E-state index is 13.1. The van der Waals surface area contributed by atoms with E-state index in [0.717, 1.165) is 0 Å². The van der Waals surface area contributed by atoms with Crippen LogP contribution in [-0.2, 0) is 9.84 Å². The Hall–Kier alpha value is -2.38. The summed E-state index contributed by atoms with van der Waals surface area (Å²) in [5.74, 6) is 0.524. The molecule has 0 aliphatic rings. The summed E-state index contributed by atoms with van der Waals surface area (Å²) in [6.45, 7) is 1.76. The minimum absolute atomic E-state index is 0.169. The number of sulfone groups is 1. The van der Waals surface area contributed by atoms with E-state index in [1.807, 2.05) is 12.3 Å². The minimum Gasteiger partial charge on any atom is -0.440 e. The Bertz CT molecular complexity index is 1200. The highest BCUT2D eigenvalue weighted by Crippen LogP contribution is 2.35. The molecular formula is C18H14N2O3S2. The second-order valence-corrected chi connectivity index (χ2v) is 8.21. The van der Waals surface area contributed by atoms with Gasteiger partial charge in [-0.1, -0.05) is 24.3 Å². The van der Waals surface area contributed by atoms with Crippen molar-refractivity contribution in [2.45, 2.75) is 21.7 Å². The third-order valence-corrected chi connectivity index (χ3v) is 6.40. The highest BCUT2D eigenvalue weighted by Gasteiger charge is 2.24. The van der Waals surface area contributed by atoms with Gasteiger partial charge in [0, 0.05) is 12.3 Å². The van der Waals surface area contributed by atoms with Crippen LogP contribution in [0.1, 0.15) is 5.89 Å². The first-order valence-electron chi connectivity index (χ1n) is 7.56. The fourth-order valence-electron chi connectivity index (χ4n) is 2.82. The van der Waals surface area contributed by atoms with Crippen LogP contribution in [0.3, 0.4) is 0 Å². The molecule has 0 atom stereocenters. The number of para-hydroxylation sites is 1. The van der Waals surface area contributed by atoms with Gasteiger partial charge in [0.05, 0.1) is 15.3 Å². The summed E-state index contributed by atoms with van der Waals surface area (Å²) < 4.78 is 31.9. The molecule has 0 fully saturated rings. The zero-order valence-electron chi connectivity index (χ0n) is 13.6. The summed E-state index contributed by atoms with van der Waals surface area (Å²) in [7, 11) is -3.69. The molecule has 0 amide bonds. The molecule has 0 saturated heterocycles. The fraction of sp³-hybridized carbons (Fsp3) is 0.111. The summed E-state index contributed by atoms with van der Waals surface area (Å²) in [5.41, 5.74) is 1.63. The van der Waals surface area contributed by atoms with Gasteiger partial charge in [-0.15, -0.1) is 11.8 Å². The SMILES string of the molecule is CSc1nc2c(S(=O)(=O)c3ccccc3)cccc2c2oc(C)nc12. The molecule has 2 heterocycles. The van der Waals surface area contributed by atoms with Gasteiger partial charge >= 0.3 is 0 Å². The molecule has 25 heavy (non-hydrogen) atoms. The summed E-state index contributed by atoms with van der Waals surface area (Å²) in [6, 6.07) is 13.5. The number of pyridine rings is 1. The molecule has 0 saturated carbocycles. The molecule has 7 heteroatoms. The fourth-order valence-corrected chi connectivity index (χ4v) is 4.77. The molecule has 4 aromatic rings. The summed E-state index contributed by atoms with van der Waals surface area (Å²) in [6.07, 6.45) is 1.88.